The number of aromatic nitrogens is 3. The molecule has 4 aromatic rings. The summed E-state index contributed by atoms with van der Waals surface area (Å²) in [7, 11) is 0. The zero-order chi connectivity index (χ0) is 21.2. The first-order valence-electron chi connectivity index (χ1n) is 8.85. The second kappa shape index (κ2) is 6.62. The normalized spacial score (nSPS) is 13.4. The van der Waals surface area contributed by atoms with Crippen LogP contribution in [0, 0.1) is 12.7 Å². The highest BCUT2D eigenvalue weighted by atomic mass is 35.5. The molecule has 0 saturated carbocycles. The summed E-state index contributed by atoms with van der Waals surface area (Å²) >= 11 is 12.2. The number of halogens is 3. The number of hydrogen-bond donors (Lipinski definition) is 0. The van der Waals surface area contributed by atoms with Crippen molar-refractivity contribution in [2.24, 2.45) is 0 Å². The van der Waals surface area contributed by atoms with Crippen molar-refractivity contribution in [3.63, 3.8) is 0 Å². The van der Waals surface area contributed by atoms with Crippen LogP contribution in [0.5, 0.6) is 0 Å². The molecule has 0 spiro atoms. The fraction of sp³-hybridized carbons (Fsp3) is 0.0476. The number of aryl methyl sites for hydroxylation is 1. The molecule has 0 radical (unpaired) electrons. The van der Waals surface area contributed by atoms with E-state index in [2.05, 4.69) is 10.1 Å². The van der Waals surface area contributed by atoms with Crippen molar-refractivity contribution in [3.8, 4) is 5.69 Å². The largest absolute Gasteiger partial charge is 0.268 e. The fourth-order valence-corrected chi connectivity index (χ4v) is 4.12. The van der Waals surface area contributed by atoms with Gasteiger partial charge in [-0.2, -0.15) is 5.10 Å². The van der Waals surface area contributed by atoms with Crippen molar-refractivity contribution < 1.29 is 14.0 Å². The maximum atomic E-state index is 13.7. The molecule has 5 rings (SSSR count). The molecule has 0 fully saturated rings. The summed E-state index contributed by atoms with van der Waals surface area (Å²) in [4.78, 5) is 31.7. The zero-order valence-electron chi connectivity index (χ0n) is 15.4. The third kappa shape index (κ3) is 2.63. The van der Waals surface area contributed by atoms with Crippen LogP contribution in [0.25, 0.3) is 16.7 Å². The Bertz CT molecular complexity index is 1400. The van der Waals surface area contributed by atoms with Gasteiger partial charge in [0, 0.05) is 11.2 Å². The van der Waals surface area contributed by atoms with Gasteiger partial charge in [-0.1, -0.05) is 29.3 Å². The van der Waals surface area contributed by atoms with Gasteiger partial charge in [0.15, 0.2) is 5.65 Å². The summed E-state index contributed by atoms with van der Waals surface area (Å²) in [5.41, 5.74) is 1.87. The summed E-state index contributed by atoms with van der Waals surface area (Å²) in [5, 5.41) is 5.42. The molecule has 0 N–H and O–H groups in total. The number of nitrogens with zero attached hydrogens (tertiary/aromatic N) is 4. The molecule has 1 aliphatic heterocycles. The molecule has 6 nitrogen and oxygen atoms in total. The van der Waals surface area contributed by atoms with Crippen LogP contribution in [0.1, 0.15) is 26.4 Å². The van der Waals surface area contributed by atoms with Gasteiger partial charge in [-0.15, -0.1) is 0 Å². The highest BCUT2D eigenvalue weighted by molar-refractivity contribution is 6.42. The molecule has 0 bridgehead atoms. The van der Waals surface area contributed by atoms with E-state index in [0.29, 0.717) is 27.4 Å². The standard InChI is InChI=1S/C21H11Cl2FN4O2/c1-10-17-18-14(9-25-19(17)28(26-10)13-4-2-3-12(24)8-13)20(29)27(21(18)30)16-6-5-11(22)7-15(16)23/h2-9H,1H3. The van der Waals surface area contributed by atoms with Crippen LogP contribution in [-0.4, -0.2) is 26.6 Å². The van der Waals surface area contributed by atoms with Gasteiger partial charge in [0.25, 0.3) is 11.8 Å². The van der Waals surface area contributed by atoms with E-state index in [1.807, 2.05) is 0 Å². The van der Waals surface area contributed by atoms with E-state index < -0.39 is 17.6 Å². The summed E-state index contributed by atoms with van der Waals surface area (Å²) in [6.07, 6.45) is 1.33. The van der Waals surface area contributed by atoms with Crippen LogP contribution in [0.4, 0.5) is 10.1 Å². The average Bonchev–Trinajstić information content (AvgIpc) is 3.17. The molecule has 1 aliphatic rings. The Balaban J connectivity index is 1.72. The van der Waals surface area contributed by atoms with Crippen molar-refractivity contribution in [1.29, 1.82) is 0 Å². The predicted octanol–water partition coefficient (Wildman–Crippen LogP) is 4.98. The second-order valence-corrected chi connectivity index (χ2v) is 7.61. The molecule has 0 saturated heterocycles. The quantitative estimate of drug-likeness (QED) is 0.412. The van der Waals surface area contributed by atoms with Crippen LogP contribution in [0.3, 0.4) is 0 Å². The average molecular weight is 441 g/mol. The lowest BCUT2D eigenvalue weighted by atomic mass is 10.1. The SMILES string of the molecule is Cc1nn(-c2cccc(F)c2)c2ncc3c(c12)C(=O)N(c1ccc(Cl)cc1Cl)C3=O. The van der Waals surface area contributed by atoms with E-state index in [1.54, 1.807) is 25.1 Å². The Hall–Kier alpha value is -3.29. The van der Waals surface area contributed by atoms with Crippen LogP contribution in [0.2, 0.25) is 10.0 Å². The molecule has 2 amide bonds. The summed E-state index contributed by atoms with van der Waals surface area (Å²) in [5.74, 6) is -1.50. The second-order valence-electron chi connectivity index (χ2n) is 6.76. The summed E-state index contributed by atoms with van der Waals surface area (Å²) in [6.45, 7) is 1.70. The molecule has 9 heteroatoms. The van der Waals surface area contributed by atoms with Crippen molar-refractivity contribution >= 4 is 51.7 Å². The third-order valence-electron chi connectivity index (χ3n) is 4.93. The number of fused-ring (bicyclic) bond motifs is 3. The minimum absolute atomic E-state index is 0.153. The number of rotatable bonds is 2. The highest BCUT2D eigenvalue weighted by Crippen LogP contribution is 2.37. The molecule has 0 unspecified atom stereocenters. The van der Waals surface area contributed by atoms with Gasteiger partial charge in [0.05, 0.1) is 38.6 Å². The molecule has 2 aromatic carbocycles. The van der Waals surface area contributed by atoms with Gasteiger partial charge in [0.2, 0.25) is 0 Å². The first-order valence-corrected chi connectivity index (χ1v) is 9.60. The lowest BCUT2D eigenvalue weighted by Crippen LogP contribution is -2.29. The number of carbonyl (C=O) groups is 2. The first-order chi connectivity index (χ1) is 14.4. The van der Waals surface area contributed by atoms with Crippen molar-refractivity contribution in [2.75, 3.05) is 4.90 Å². The number of amides is 2. The highest BCUT2D eigenvalue weighted by Gasteiger charge is 2.40. The van der Waals surface area contributed by atoms with E-state index in [9.17, 15) is 14.0 Å². The number of pyridine rings is 1. The van der Waals surface area contributed by atoms with E-state index in [1.165, 1.54) is 35.1 Å². The molecule has 0 atom stereocenters. The number of hydrogen-bond acceptors (Lipinski definition) is 4. The number of carbonyl (C=O) groups excluding carboxylic acids is 2. The van der Waals surface area contributed by atoms with Gasteiger partial charge in [-0.05, 0) is 43.3 Å². The minimum atomic E-state index is -0.536. The van der Waals surface area contributed by atoms with E-state index >= 15 is 0 Å². The lowest BCUT2D eigenvalue weighted by molar-refractivity contribution is 0.0926. The molecular formula is C21H11Cl2FN4O2. The lowest BCUT2D eigenvalue weighted by Gasteiger charge is -2.15. The Morgan fingerprint density at radius 2 is 1.83 bits per heavy atom. The van der Waals surface area contributed by atoms with E-state index in [0.717, 1.165) is 4.90 Å². The van der Waals surface area contributed by atoms with Crippen LogP contribution in [-0.2, 0) is 0 Å². The van der Waals surface area contributed by atoms with Crippen LogP contribution in [0.15, 0.2) is 48.7 Å². The zero-order valence-corrected chi connectivity index (χ0v) is 16.9. The van der Waals surface area contributed by atoms with Gasteiger partial charge in [0.1, 0.15) is 5.82 Å². The summed E-state index contributed by atoms with van der Waals surface area (Å²) < 4.78 is 15.2. The van der Waals surface area contributed by atoms with Crippen LogP contribution >= 0.6 is 23.2 Å². The van der Waals surface area contributed by atoms with Crippen molar-refractivity contribution in [2.45, 2.75) is 6.92 Å². The molecular weight excluding hydrogens is 430 g/mol. The maximum Gasteiger partial charge on any atom is 0.267 e. The Morgan fingerprint density at radius 3 is 2.57 bits per heavy atom. The third-order valence-corrected chi connectivity index (χ3v) is 5.46. The number of anilines is 1. The van der Waals surface area contributed by atoms with Crippen molar-refractivity contribution in [1.82, 2.24) is 14.8 Å². The Kier molecular flexibility index (Phi) is 4.13. The molecule has 3 heterocycles. The topological polar surface area (TPSA) is 68.1 Å². The number of benzene rings is 2. The van der Waals surface area contributed by atoms with Crippen LogP contribution < -0.4 is 4.90 Å². The Labute approximate surface area is 179 Å². The van der Waals surface area contributed by atoms with Gasteiger partial charge in [-0.25, -0.2) is 19.0 Å². The maximum absolute atomic E-state index is 13.7. The van der Waals surface area contributed by atoms with Gasteiger partial charge < -0.3 is 0 Å². The molecule has 0 aliphatic carbocycles. The monoisotopic (exact) mass is 440 g/mol. The molecule has 30 heavy (non-hydrogen) atoms. The minimum Gasteiger partial charge on any atom is -0.268 e. The van der Waals surface area contributed by atoms with E-state index in [4.69, 9.17) is 23.2 Å². The van der Waals surface area contributed by atoms with Crippen molar-refractivity contribution in [3.05, 3.63) is 81.3 Å². The smallest absolute Gasteiger partial charge is 0.267 e. The fourth-order valence-electron chi connectivity index (χ4n) is 3.63. The van der Waals surface area contributed by atoms with Gasteiger partial charge >= 0.3 is 0 Å². The summed E-state index contributed by atoms with van der Waals surface area (Å²) in [6, 6.07) is 10.4. The predicted molar refractivity (Wildman–Crippen MR) is 111 cm³/mol. The number of imide groups is 1. The Morgan fingerprint density at radius 1 is 1.03 bits per heavy atom. The molecule has 148 valence electrons. The van der Waals surface area contributed by atoms with E-state index in [-0.39, 0.29) is 21.8 Å². The van der Waals surface area contributed by atoms with Gasteiger partial charge in [-0.3, -0.25) is 9.59 Å². The first kappa shape index (κ1) is 18.7. The molecule has 2 aromatic heterocycles.